The molecule has 0 bridgehead atoms. The third-order valence-electron chi connectivity index (χ3n) is 4.46. The number of anilines is 1. The largest absolute Gasteiger partial charge is 0.335 e. The van der Waals surface area contributed by atoms with Crippen molar-refractivity contribution in [2.75, 3.05) is 18.9 Å². The van der Waals surface area contributed by atoms with E-state index < -0.39 is 6.04 Å². The fraction of sp³-hybridized carbons (Fsp3) is 0.263. The summed E-state index contributed by atoms with van der Waals surface area (Å²) in [5.41, 5.74) is 7.58. The SMILES string of the molecule is CN(CC(=O)Nc1c(Cl)cccc1Cl)C(=O)C1CC(c2ccc(Br)cc2)NN1. The summed E-state index contributed by atoms with van der Waals surface area (Å²) in [6.45, 7) is -0.110. The Morgan fingerprint density at radius 2 is 1.79 bits per heavy atom. The zero-order valence-corrected chi connectivity index (χ0v) is 18.1. The van der Waals surface area contributed by atoms with Crippen LogP contribution in [0.15, 0.2) is 46.9 Å². The lowest BCUT2D eigenvalue weighted by molar-refractivity contribution is -0.134. The summed E-state index contributed by atoms with van der Waals surface area (Å²) in [7, 11) is 1.59. The fourth-order valence-electron chi connectivity index (χ4n) is 2.99. The van der Waals surface area contributed by atoms with E-state index in [1.54, 1.807) is 25.2 Å². The molecule has 0 aromatic heterocycles. The first-order valence-corrected chi connectivity index (χ1v) is 10.2. The number of hydrogen-bond donors (Lipinski definition) is 3. The number of amides is 2. The van der Waals surface area contributed by atoms with Crippen LogP contribution in [0.25, 0.3) is 0 Å². The van der Waals surface area contributed by atoms with Crippen molar-refractivity contribution in [1.29, 1.82) is 0 Å². The zero-order valence-electron chi connectivity index (χ0n) is 15.0. The molecule has 1 aliphatic rings. The van der Waals surface area contributed by atoms with Crippen LogP contribution in [-0.2, 0) is 9.59 Å². The number of hydrazine groups is 1. The van der Waals surface area contributed by atoms with Gasteiger partial charge in [0.1, 0.15) is 6.04 Å². The topological polar surface area (TPSA) is 73.5 Å². The first-order chi connectivity index (χ1) is 13.3. The standard InChI is InChI=1S/C19H19BrCl2N4O2/c1-26(10-17(27)23-18-13(21)3-2-4-14(18)22)19(28)16-9-15(24-25-16)11-5-7-12(20)8-6-11/h2-8,15-16,24-25H,9-10H2,1H3,(H,23,27). The van der Waals surface area contributed by atoms with Crippen molar-refractivity contribution in [2.45, 2.75) is 18.5 Å². The highest BCUT2D eigenvalue weighted by atomic mass is 79.9. The van der Waals surface area contributed by atoms with Gasteiger partial charge in [-0.25, -0.2) is 10.9 Å². The average molecular weight is 486 g/mol. The lowest BCUT2D eigenvalue weighted by Crippen LogP contribution is -2.46. The predicted molar refractivity (Wildman–Crippen MR) is 114 cm³/mol. The van der Waals surface area contributed by atoms with Gasteiger partial charge in [0.2, 0.25) is 11.8 Å². The second kappa shape index (κ2) is 9.24. The smallest absolute Gasteiger partial charge is 0.244 e. The van der Waals surface area contributed by atoms with Gasteiger partial charge >= 0.3 is 0 Å². The van der Waals surface area contributed by atoms with Crippen molar-refractivity contribution >= 4 is 56.6 Å². The van der Waals surface area contributed by atoms with E-state index in [4.69, 9.17) is 23.2 Å². The van der Waals surface area contributed by atoms with Gasteiger partial charge in [-0.1, -0.05) is 57.3 Å². The van der Waals surface area contributed by atoms with Gasteiger partial charge in [0.15, 0.2) is 0 Å². The number of carbonyl (C=O) groups excluding carboxylic acids is 2. The van der Waals surface area contributed by atoms with Crippen molar-refractivity contribution in [1.82, 2.24) is 15.8 Å². The maximum Gasteiger partial charge on any atom is 0.244 e. The minimum Gasteiger partial charge on any atom is -0.335 e. The second-order valence-electron chi connectivity index (χ2n) is 6.52. The minimum atomic E-state index is -0.421. The van der Waals surface area contributed by atoms with Gasteiger partial charge in [-0.2, -0.15) is 0 Å². The molecular weight excluding hydrogens is 467 g/mol. The van der Waals surface area contributed by atoms with Gasteiger partial charge in [-0.15, -0.1) is 0 Å². The highest BCUT2D eigenvalue weighted by Gasteiger charge is 2.32. The molecule has 0 aliphatic carbocycles. The number of carbonyl (C=O) groups is 2. The Morgan fingerprint density at radius 1 is 1.14 bits per heavy atom. The van der Waals surface area contributed by atoms with Gasteiger partial charge in [0.05, 0.1) is 22.3 Å². The molecule has 2 aromatic rings. The van der Waals surface area contributed by atoms with Crippen molar-refractivity contribution in [3.8, 4) is 0 Å². The molecule has 2 amide bonds. The Morgan fingerprint density at radius 3 is 2.43 bits per heavy atom. The molecule has 1 aliphatic heterocycles. The zero-order chi connectivity index (χ0) is 20.3. The number of likely N-dealkylation sites (N-methyl/N-ethyl adjacent to an activating group) is 1. The molecular formula is C19H19BrCl2N4O2. The summed E-state index contributed by atoms with van der Waals surface area (Å²) >= 11 is 15.5. The van der Waals surface area contributed by atoms with Crippen LogP contribution >= 0.6 is 39.1 Å². The molecule has 0 saturated carbocycles. The lowest BCUT2D eigenvalue weighted by atomic mass is 10.0. The summed E-state index contributed by atoms with van der Waals surface area (Å²) in [4.78, 5) is 26.4. The van der Waals surface area contributed by atoms with Crippen molar-refractivity contribution in [3.63, 3.8) is 0 Å². The predicted octanol–water partition coefficient (Wildman–Crippen LogP) is 3.76. The first-order valence-electron chi connectivity index (χ1n) is 8.60. The number of hydrogen-bond acceptors (Lipinski definition) is 4. The summed E-state index contributed by atoms with van der Waals surface area (Å²) in [5, 5.41) is 3.34. The molecule has 2 unspecified atom stereocenters. The molecule has 2 atom stereocenters. The quantitative estimate of drug-likeness (QED) is 0.602. The summed E-state index contributed by atoms with van der Waals surface area (Å²) in [6.07, 6.45) is 0.586. The van der Waals surface area contributed by atoms with E-state index in [0.29, 0.717) is 22.2 Å². The summed E-state index contributed by atoms with van der Waals surface area (Å²) < 4.78 is 0.999. The molecule has 6 nitrogen and oxygen atoms in total. The molecule has 0 spiro atoms. The van der Waals surface area contributed by atoms with Gasteiger partial charge in [-0.05, 0) is 36.2 Å². The average Bonchev–Trinajstić information content (AvgIpc) is 3.15. The number of benzene rings is 2. The van der Waals surface area contributed by atoms with Crippen LogP contribution in [-0.4, -0.2) is 36.3 Å². The molecule has 1 fully saturated rings. The highest BCUT2D eigenvalue weighted by Crippen LogP contribution is 2.29. The maximum absolute atomic E-state index is 12.7. The molecule has 148 valence electrons. The molecule has 2 aromatic carbocycles. The number of rotatable bonds is 5. The Bertz CT molecular complexity index is 858. The number of nitrogens with zero attached hydrogens (tertiary/aromatic N) is 1. The van der Waals surface area contributed by atoms with E-state index in [1.807, 2.05) is 24.3 Å². The lowest BCUT2D eigenvalue weighted by Gasteiger charge is -2.20. The van der Waals surface area contributed by atoms with Gasteiger partial charge in [-0.3, -0.25) is 9.59 Å². The van der Waals surface area contributed by atoms with E-state index in [-0.39, 0.29) is 24.4 Å². The van der Waals surface area contributed by atoms with Crippen molar-refractivity contribution in [2.24, 2.45) is 0 Å². The number of para-hydroxylation sites is 1. The molecule has 0 radical (unpaired) electrons. The van der Waals surface area contributed by atoms with Gasteiger partial charge in [0, 0.05) is 17.6 Å². The van der Waals surface area contributed by atoms with Crippen molar-refractivity contribution in [3.05, 3.63) is 62.5 Å². The van der Waals surface area contributed by atoms with Crippen LogP contribution in [0.1, 0.15) is 18.0 Å². The van der Waals surface area contributed by atoms with E-state index >= 15 is 0 Å². The second-order valence-corrected chi connectivity index (χ2v) is 8.25. The van der Waals surface area contributed by atoms with Crippen LogP contribution in [0.4, 0.5) is 5.69 Å². The Hall–Kier alpha value is -1.64. The molecule has 3 rings (SSSR count). The van der Waals surface area contributed by atoms with E-state index in [9.17, 15) is 9.59 Å². The molecule has 1 saturated heterocycles. The summed E-state index contributed by atoms with van der Waals surface area (Å²) in [6, 6.07) is 12.5. The number of nitrogens with one attached hydrogen (secondary N) is 3. The Kier molecular flexibility index (Phi) is 6.95. The first kappa shape index (κ1) is 21.1. The fourth-order valence-corrected chi connectivity index (χ4v) is 3.74. The highest BCUT2D eigenvalue weighted by molar-refractivity contribution is 9.10. The summed E-state index contributed by atoms with van der Waals surface area (Å²) in [5.74, 6) is -0.547. The van der Waals surface area contributed by atoms with Crippen LogP contribution in [0.5, 0.6) is 0 Å². The van der Waals surface area contributed by atoms with Gasteiger partial charge in [0.25, 0.3) is 0 Å². The Balaban J connectivity index is 1.56. The van der Waals surface area contributed by atoms with Crippen LogP contribution in [0.3, 0.4) is 0 Å². The van der Waals surface area contributed by atoms with Crippen molar-refractivity contribution < 1.29 is 9.59 Å². The van der Waals surface area contributed by atoms with E-state index in [2.05, 4.69) is 32.1 Å². The maximum atomic E-state index is 12.7. The Labute approximate surface area is 181 Å². The van der Waals surface area contributed by atoms with Crippen LogP contribution in [0.2, 0.25) is 10.0 Å². The van der Waals surface area contributed by atoms with Crippen LogP contribution in [0, 0.1) is 0 Å². The molecule has 3 N–H and O–H groups in total. The molecule has 9 heteroatoms. The third-order valence-corrected chi connectivity index (χ3v) is 5.62. The minimum absolute atomic E-state index is 0.0196. The molecule has 1 heterocycles. The molecule has 28 heavy (non-hydrogen) atoms. The van der Waals surface area contributed by atoms with Crippen LogP contribution < -0.4 is 16.2 Å². The van der Waals surface area contributed by atoms with E-state index in [1.165, 1.54) is 4.90 Å². The van der Waals surface area contributed by atoms with E-state index in [0.717, 1.165) is 10.0 Å². The number of halogens is 3. The monoisotopic (exact) mass is 484 g/mol. The normalized spacial score (nSPS) is 18.7. The van der Waals surface area contributed by atoms with Gasteiger partial charge < -0.3 is 10.2 Å². The third kappa shape index (κ3) is 5.04.